The molecule has 0 heterocycles. The summed E-state index contributed by atoms with van der Waals surface area (Å²) in [6.45, 7) is 4.68. The summed E-state index contributed by atoms with van der Waals surface area (Å²) in [6, 6.07) is 7.89. The molecule has 0 fully saturated rings. The van der Waals surface area contributed by atoms with Crippen molar-refractivity contribution in [3.8, 4) is 6.07 Å². The number of anilines is 1. The Kier molecular flexibility index (Phi) is 5.84. The van der Waals surface area contributed by atoms with E-state index in [9.17, 15) is 4.79 Å². The summed E-state index contributed by atoms with van der Waals surface area (Å²) < 4.78 is 0.908. The van der Waals surface area contributed by atoms with Crippen molar-refractivity contribution in [2.45, 2.75) is 32.7 Å². The van der Waals surface area contributed by atoms with Crippen LogP contribution in [0.3, 0.4) is 0 Å². The van der Waals surface area contributed by atoms with Crippen molar-refractivity contribution >= 4 is 27.6 Å². The van der Waals surface area contributed by atoms with E-state index in [0.717, 1.165) is 10.2 Å². The van der Waals surface area contributed by atoms with E-state index < -0.39 is 5.97 Å². The molecule has 0 aliphatic heterocycles. The highest BCUT2D eigenvalue weighted by Gasteiger charge is 2.15. The summed E-state index contributed by atoms with van der Waals surface area (Å²) >= 11 is 3.40. The Morgan fingerprint density at radius 1 is 1.53 bits per heavy atom. The smallest absolute Gasteiger partial charge is 0.303 e. The maximum absolute atomic E-state index is 10.6. The highest BCUT2D eigenvalue weighted by atomic mass is 79.9. The molecule has 0 aliphatic carbocycles. The second kappa shape index (κ2) is 7.15. The van der Waals surface area contributed by atoms with E-state index in [1.165, 1.54) is 0 Å². The Hall–Kier alpha value is -1.54. The topological polar surface area (TPSA) is 64.3 Å². The first-order valence-electron chi connectivity index (χ1n) is 6.13. The third-order valence-electron chi connectivity index (χ3n) is 2.80. The molecule has 0 bridgehead atoms. The van der Waals surface area contributed by atoms with Crippen LogP contribution in [0, 0.1) is 11.3 Å². The van der Waals surface area contributed by atoms with E-state index in [1.54, 1.807) is 6.07 Å². The Bertz CT molecular complexity index is 495. The maximum atomic E-state index is 10.6. The molecule has 1 aromatic rings. The summed E-state index contributed by atoms with van der Waals surface area (Å²) in [7, 11) is 0. The van der Waals surface area contributed by atoms with Crippen LogP contribution in [0.1, 0.15) is 32.3 Å². The number of nitrogens with zero attached hydrogens (tertiary/aromatic N) is 2. The third-order valence-corrected chi connectivity index (χ3v) is 3.30. The number of hydrogen-bond donors (Lipinski definition) is 1. The van der Waals surface area contributed by atoms with Gasteiger partial charge in [0.05, 0.1) is 11.3 Å². The summed E-state index contributed by atoms with van der Waals surface area (Å²) in [6.07, 6.45) is 0.698. The standard InChI is InChI=1S/C14H17BrN2O2/c1-10(2)17(7-3-4-14(18)19)13-8-12(15)6-5-11(13)9-16/h5-6,8,10H,3-4,7H2,1-2H3,(H,18,19). The van der Waals surface area contributed by atoms with Crippen LogP contribution in [0.15, 0.2) is 22.7 Å². The van der Waals surface area contributed by atoms with Crippen molar-refractivity contribution in [1.29, 1.82) is 5.26 Å². The van der Waals surface area contributed by atoms with Crippen LogP contribution < -0.4 is 4.90 Å². The Morgan fingerprint density at radius 2 is 2.21 bits per heavy atom. The molecule has 5 heteroatoms. The quantitative estimate of drug-likeness (QED) is 0.871. The van der Waals surface area contributed by atoms with E-state index in [0.29, 0.717) is 18.5 Å². The van der Waals surface area contributed by atoms with E-state index >= 15 is 0 Å². The van der Waals surface area contributed by atoms with Gasteiger partial charge in [0, 0.05) is 23.5 Å². The van der Waals surface area contributed by atoms with Crippen LogP contribution in [0.2, 0.25) is 0 Å². The lowest BCUT2D eigenvalue weighted by Crippen LogP contribution is -2.32. The summed E-state index contributed by atoms with van der Waals surface area (Å²) in [4.78, 5) is 12.6. The molecule has 19 heavy (non-hydrogen) atoms. The molecule has 0 radical (unpaired) electrons. The largest absolute Gasteiger partial charge is 0.481 e. The van der Waals surface area contributed by atoms with Gasteiger partial charge in [0.15, 0.2) is 0 Å². The Labute approximate surface area is 121 Å². The molecule has 0 amide bonds. The molecular formula is C14H17BrN2O2. The zero-order valence-electron chi connectivity index (χ0n) is 11.1. The summed E-state index contributed by atoms with van der Waals surface area (Å²) in [5.74, 6) is -0.793. The molecule has 1 rings (SSSR count). The van der Waals surface area contributed by atoms with Crippen LogP contribution in [0.4, 0.5) is 5.69 Å². The van der Waals surface area contributed by atoms with Gasteiger partial charge in [-0.1, -0.05) is 15.9 Å². The van der Waals surface area contributed by atoms with Gasteiger partial charge in [-0.15, -0.1) is 0 Å². The van der Waals surface area contributed by atoms with Gasteiger partial charge in [-0.25, -0.2) is 0 Å². The molecular weight excluding hydrogens is 308 g/mol. The zero-order valence-corrected chi connectivity index (χ0v) is 12.6. The molecule has 4 nitrogen and oxygen atoms in total. The van der Waals surface area contributed by atoms with E-state index in [-0.39, 0.29) is 12.5 Å². The molecule has 1 aromatic carbocycles. The van der Waals surface area contributed by atoms with Crippen LogP contribution in [0.25, 0.3) is 0 Å². The lowest BCUT2D eigenvalue weighted by atomic mass is 10.1. The fraction of sp³-hybridized carbons (Fsp3) is 0.429. The monoisotopic (exact) mass is 324 g/mol. The second-order valence-corrected chi connectivity index (χ2v) is 5.47. The fourth-order valence-corrected chi connectivity index (χ4v) is 2.24. The van der Waals surface area contributed by atoms with Crippen molar-refractivity contribution in [2.75, 3.05) is 11.4 Å². The fourth-order valence-electron chi connectivity index (χ4n) is 1.89. The van der Waals surface area contributed by atoms with Gasteiger partial charge in [-0.3, -0.25) is 4.79 Å². The summed E-state index contributed by atoms with van der Waals surface area (Å²) in [5, 5.41) is 17.9. The molecule has 1 N–H and O–H groups in total. The molecule has 0 atom stereocenters. The lowest BCUT2D eigenvalue weighted by Gasteiger charge is -2.29. The predicted molar refractivity (Wildman–Crippen MR) is 78.2 cm³/mol. The Morgan fingerprint density at radius 3 is 2.74 bits per heavy atom. The molecule has 0 unspecified atom stereocenters. The second-order valence-electron chi connectivity index (χ2n) is 4.56. The number of halogens is 1. The minimum absolute atomic E-state index is 0.138. The highest BCUT2D eigenvalue weighted by Crippen LogP contribution is 2.26. The van der Waals surface area contributed by atoms with Crippen LogP contribution >= 0.6 is 15.9 Å². The van der Waals surface area contributed by atoms with Gasteiger partial charge >= 0.3 is 5.97 Å². The van der Waals surface area contributed by atoms with Gasteiger partial charge in [0.25, 0.3) is 0 Å². The average molecular weight is 325 g/mol. The third kappa shape index (κ3) is 4.56. The first kappa shape index (κ1) is 15.5. The van der Waals surface area contributed by atoms with Crippen molar-refractivity contribution in [3.05, 3.63) is 28.2 Å². The highest BCUT2D eigenvalue weighted by molar-refractivity contribution is 9.10. The minimum Gasteiger partial charge on any atom is -0.481 e. The SMILES string of the molecule is CC(C)N(CCCC(=O)O)c1cc(Br)ccc1C#N. The number of hydrogen-bond acceptors (Lipinski definition) is 3. The van der Waals surface area contributed by atoms with Crippen molar-refractivity contribution in [1.82, 2.24) is 0 Å². The number of carbonyl (C=O) groups is 1. The molecule has 0 saturated carbocycles. The molecule has 102 valence electrons. The molecule has 0 saturated heterocycles. The van der Waals surface area contributed by atoms with Gasteiger partial charge in [-0.2, -0.15) is 5.26 Å². The lowest BCUT2D eigenvalue weighted by molar-refractivity contribution is -0.137. The van der Waals surface area contributed by atoms with Crippen LogP contribution in [-0.4, -0.2) is 23.7 Å². The van der Waals surface area contributed by atoms with Gasteiger partial charge in [0.2, 0.25) is 0 Å². The average Bonchev–Trinajstić information content (AvgIpc) is 2.34. The minimum atomic E-state index is -0.793. The van der Waals surface area contributed by atoms with Crippen molar-refractivity contribution in [2.24, 2.45) is 0 Å². The van der Waals surface area contributed by atoms with Gasteiger partial charge in [-0.05, 0) is 38.5 Å². The number of rotatable bonds is 6. The normalized spacial score (nSPS) is 10.3. The summed E-state index contributed by atoms with van der Waals surface area (Å²) in [5.41, 5.74) is 1.45. The predicted octanol–water partition coefficient (Wildman–Crippen LogP) is 3.40. The number of carboxylic acids is 1. The van der Waals surface area contributed by atoms with Gasteiger partial charge < -0.3 is 10.0 Å². The van der Waals surface area contributed by atoms with Crippen molar-refractivity contribution in [3.63, 3.8) is 0 Å². The van der Waals surface area contributed by atoms with Crippen molar-refractivity contribution < 1.29 is 9.90 Å². The number of benzene rings is 1. The molecule has 0 spiro atoms. The molecule has 0 aromatic heterocycles. The van der Waals surface area contributed by atoms with Crippen LogP contribution in [-0.2, 0) is 4.79 Å². The first-order chi connectivity index (χ1) is 8.95. The number of aliphatic carboxylic acids is 1. The zero-order chi connectivity index (χ0) is 14.4. The Balaban J connectivity index is 2.96. The van der Waals surface area contributed by atoms with Gasteiger partial charge in [0.1, 0.15) is 6.07 Å². The maximum Gasteiger partial charge on any atom is 0.303 e. The van der Waals surface area contributed by atoms with E-state index in [1.807, 2.05) is 26.0 Å². The first-order valence-corrected chi connectivity index (χ1v) is 6.93. The van der Waals surface area contributed by atoms with E-state index in [4.69, 9.17) is 10.4 Å². The van der Waals surface area contributed by atoms with E-state index in [2.05, 4.69) is 26.9 Å². The number of carboxylic acid groups (broad SMARTS) is 1. The number of nitriles is 1. The molecule has 0 aliphatic rings. The van der Waals surface area contributed by atoms with Crippen LogP contribution in [0.5, 0.6) is 0 Å².